The molecule has 8 heteroatoms. The summed E-state index contributed by atoms with van der Waals surface area (Å²) < 4.78 is 24.5. The topological polar surface area (TPSA) is 101 Å². The van der Waals surface area contributed by atoms with Gasteiger partial charge in [-0.05, 0) is 19.2 Å². The predicted octanol–water partition coefficient (Wildman–Crippen LogP) is -0.663. The molecule has 0 saturated heterocycles. The van der Waals surface area contributed by atoms with Crippen molar-refractivity contribution in [2.75, 3.05) is 25.9 Å². The van der Waals surface area contributed by atoms with Crippen molar-refractivity contribution in [1.29, 1.82) is 0 Å². The van der Waals surface area contributed by atoms with E-state index in [1.807, 2.05) is 0 Å². The van der Waals surface area contributed by atoms with Crippen LogP contribution in [0.4, 0.5) is 0 Å². The normalized spacial score (nSPS) is 10.6. The van der Waals surface area contributed by atoms with Gasteiger partial charge in [-0.25, -0.2) is 13.1 Å². The fraction of sp³-hybridized carbons (Fsp3) is 0.364. The van der Waals surface area contributed by atoms with E-state index < -0.39 is 10.0 Å². The minimum atomic E-state index is -3.30. The first-order chi connectivity index (χ1) is 8.98. The van der Waals surface area contributed by atoms with Gasteiger partial charge in [0.1, 0.15) is 0 Å². The number of carbonyl (C=O) groups excluding carboxylic acids is 1. The summed E-state index contributed by atoms with van der Waals surface area (Å²) in [7, 11) is -1.97. The van der Waals surface area contributed by atoms with Gasteiger partial charge in [0.25, 0.3) is 5.91 Å². The Bertz CT molecular complexity index is 596. The standard InChI is InChI=1S/C11H15N3O3S2/c1-13-19(16,17)8-7-14-11(15)10-5-4-9(18-10)3-2-6-12/h4-5,13H,6-8,12H2,1H3,(H,14,15). The molecule has 6 nitrogen and oxygen atoms in total. The van der Waals surface area contributed by atoms with Crippen LogP contribution in [0, 0.1) is 11.8 Å². The number of hydrogen-bond donors (Lipinski definition) is 3. The van der Waals surface area contributed by atoms with E-state index >= 15 is 0 Å². The highest BCUT2D eigenvalue weighted by Crippen LogP contribution is 2.14. The van der Waals surface area contributed by atoms with E-state index in [0.717, 1.165) is 4.88 Å². The molecular formula is C11H15N3O3S2. The lowest BCUT2D eigenvalue weighted by Gasteiger charge is -2.03. The average Bonchev–Trinajstić information content (AvgIpc) is 2.85. The SMILES string of the molecule is CNS(=O)(=O)CCNC(=O)c1ccc(C#CCN)s1. The maximum absolute atomic E-state index is 11.7. The largest absolute Gasteiger partial charge is 0.350 e. The Hall–Kier alpha value is -1.40. The van der Waals surface area contributed by atoms with E-state index in [1.165, 1.54) is 18.4 Å². The Kier molecular flexibility index (Phi) is 5.98. The quantitative estimate of drug-likeness (QED) is 0.628. The van der Waals surface area contributed by atoms with Crippen molar-refractivity contribution in [3.8, 4) is 11.8 Å². The molecule has 1 amide bonds. The average molecular weight is 301 g/mol. The molecule has 0 aliphatic rings. The lowest BCUT2D eigenvalue weighted by atomic mass is 10.4. The summed E-state index contributed by atoms with van der Waals surface area (Å²) in [6.45, 7) is 0.324. The fourth-order valence-electron chi connectivity index (χ4n) is 1.15. The molecule has 104 valence electrons. The number of sulfonamides is 1. The van der Waals surface area contributed by atoms with E-state index in [4.69, 9.17) is 5.73 Å². The van der Waals surface area contributed by atoms with E-state index in [0.29, 0.717) is 4.88 Å². The number of nitrogens with two attached hydrogens (primary N) is 1. The van der Waals surface area contributed by atoms with Crippen LogP contribution in [0.25, 0.3) is 0 Å². The maximum Gasteiger partial charge on any atom is 0.261 e. The highest BCUT2D eigenvalue weighted by atomic mass is 32.2. The zero-order valence-electron chi connectivity index (χ0n) is 10.4. The molecule has 0 unspecified atom stereocenters. The molecule has 0 aliphatic heterocycles. The Morgan fingerprint density at radius 1 is 1.47 bits per heavy atom. The van der Waals surface area contributed by atoms with Gasteiger partial charge in [-0.1, -0.05) is 11.8 Å². The highest BCUT2D eigenvalue weighted by Gasteiger charge is 2.11. The number of thiophene rings is 1. The van der Waals surface area contributed by atoms with Crippen molar-refractivity contribution in [1.82, 2.24) is 10.0 Å². The van der Waals surface area contributed by atoms with E-state index in [1.54, 1.807) is 12.1 Å². The number of carbonyl (C=O) groups is 1. The summed E-state index contributed by atoms with van der Waals surface area (Å²) in [5.74, 6) is 5.06. The van der Waals surface area contributed by atoms with E-state index in [-0.39, 0.29) is 24.7 Å². The molecule has 1 rings (SSSR count). The Morgan fingerprint density at radius 3 is 2.84 bits per heavy atom. The van der Waals surface area contributed by atoms with Gasteiger partial charge in [0, 0.05) is 6.54 Å². The fourth-order valence-corrected chi connectivity index (χ4v) is 2.53. The molecule has 0 aliphatic carbocycles. The van der Waals surface area contributed by atoms with Gasteiger partial charge < -0.3 is 11.1 Å². The van der Waals surface area contributed by atoms with Crippen molar-refractivity contribution < 1.29 is 13.2 Å². The van der Waals surface area contributed by atoms with E-state index in [2.05, 4.69) is 21.9 Å². The zero-order valence-corrected chi connectivity index (χ0v) is 12.0. The highest BCUT2D eigenvalue weighted by molar-refractivity contribution is 7.89. The van der Waals surface area contributed by atoms with Crippen molar-refractivity contribution in [3.63, 3.8) is 0 Å². The first-order valence-corrected chi connectivity index (χ1v) is 7.93. The number of hydrogen-bond acceptors (Lipinski definition) is 5. The van der Waals surface area contributed by atoms with Crippen LogP contribution < -0.4 is 15.8 Å². The summed E-state index contributed by atoms with van der Waals surface area (Å²) in [6, 6.07) is 3.37. The van der Waals surface area contributed by atoms with Crippen LogP contribution in [0.5, 0.6) is 0 Å². The molecule has 0 atom stereocenters. The zero-order chi connectivity index (χ0) is 14.3. The van der Waals surface area contributed by atoms with Gasteiger partial charge in [0.05, 0.1) is 22.1 Å². The van der Waals surface area contributed by atoms with Crippen LogP contribution in [0.15, 0.2) is 12.1 Å². The molecule has 0 fully saturated rings. The minimum absolute atomic E-state index is 0.0592. The van der Waals surface area contributed by atoms with Gasteiger partial charge in [-0.3, -0.25) is 4.79 Å². The molecule has 1 heterocycles. The smallest absolute Gasteiger partial charge is 0.261 e. The third-order valence-corrected chi connectivity index (χ3v) is 4.47. The Morgan fingerprint density at radius 2 is 2.21 bits per heavy atom. The van der Waals surface area contributed by atoms with Crippen LogP contribution in [-0.2, 0) is 10.0 Å². The second-order valence-electron chi connectivity index (χ2n) is 3.45. The molecule has 0 aromatic carbocycles. The molecule has 0 radical (unpaired) electrons. The van der Waals surface area contributed by atoms with Crippen molar-refractivity contribution in [2.24, 2.45) is 5.73 Å². The summed E-state index contributed by atoms with van der Waals surface area (Å²) in [5, 5.41) is 2.54. The lowest BCUT2D eigenvalue weighted by molar-refractivity contribution is 0.0960. The second-order valence-corrected chi connectivity index (χ2v) is 6.58. The summed E-state index contributed by atoms with van der Waals surface area (Å²) in [5.41, 5.74) is 5.25. The molecule has 0 bridgehead atoms. The van der Waals surface area contributed by atoms with Crippen LogP contribution in [0.2, 0.25) is 0 Å². The molecular weight excluding hydrogens is 286 g/mol. The summed E-state index contributed by atoms with van der Waals surface area (Å²) in [6.07, 6.45) is 0. The Balaban J connectivity index is 2.52. The molecule has 4 N–H and O–H groups in total. The molecule has 1 aromatic rings. The molecule has 1 aromatic heterocycles. The van der Waals surface area contributed by atoms with Crippen molar-refractivity contribution >= 4 is 27.3 Å². The van der Waals surface area contributed by atoms with E-state index in [9.17, 15) is 13.2 Å². The minimum Gasteiger partial charge on any atom is -0.350 e. The number of amides is 1. The molecule has 19 heavy (non-hydrogen) atoms. The van der Waals surface area contributed by atoms with Gasteiger partial charge in [0.15, 0.2) is 0 Å². The van der Waals surface area contributed by atoms with Crippen molar-refractivity contribution in [2.45, 2.75) is 0 Å². The monoisotopic (exact) mass is 301 g/mol. The molecule has 0 saturated carbocycles. The van der Waals surface area contributed by atoms with Crippen LogP contribution in [-0.4, -0.2) is 40.2 Å². The summed E-state index contributed by atoms with van der Waals surface area (Å²) >= 11 is 1.24. The van der Waals surface area contributed by atoms with Crippen LogP contribution in [0.1, 0.15) is 14.5 Å². The van der Waals surface area contributed by atoms with Gasteiger partial charge >= 0.3 is 0 Å². The third-order valence-electron chi connectivity index (χ3n) is 2.11. The second kappa shape index (κ2) is 7.25. The summed E-state index contributed by atoms with van der Waals surface area (Å²) in [4.78, 5) is 13.0. The van der Waals surface area contributed by atoms with Gasteiger partial charge in [-0.15, -0.1) is 11.3 Å². The third kappa shape index (κ3) is 5.40. The lowest BCUT2D eigenvalue weighted by Crippen LogP contribution is -2.32. The first-order valence-electron chi connectivity index (χ1n) is 5.46. The number of nitrogens with one attached hydrogen (secondary N) is 2. The van der Waals surface area contributed by atoms with Gasteiger partial charge in [0.2, 0.25) is 10.0 Å². The predicted molar refractivity (Wildman–Crippen MR) is 75.4 cm³/mol. The van der Waals surface area contributed by atoms with Crippen LogP contribution in [0.3, 0.4) is 0 Å². The van der Waals surface area contributed by atoms with Crippen molar-refractivity contribution in [3.05, 3.63) is 21.9 Å². The van der Waals surface area contributed by atoms with Gasteiger partial charge in [-0.2, -0.15) is 0 Å². The molecule has 0 spiro atoms. The number of rotatable bonds is 5. The maximum atomic E-state index is 11.7. The first kappa shape index (κ1) is 15.7. The Labute approximate surface area is 116 Å². The van der Waals surface area contributed by atoms with Crippen LogP contribution >= 0.6 is 11.3 Å².